The van der Waals surface area contributed by atoms with Crippen molar-refractivity contribution >= 4 is 11.8 Å². The predicted octanol–water partition coefficient (Wildman–Crippen LogP) is 0.775. The third-order valence-corrected chi connectivity index (χ3v) is 1.90. The van der Waals surface area contributed by atoms with E-state index in [1.165, 1.54) is 6.92 Å². The summed E-state index contributed by atoms with van der Waals surface area (Å²) in [4.78, 5) is 21.7. The highest BCUT2D eigenvalue weighted by Crippen LogP contribution is 2.39. The number of rotatable bonds is 3. The summed E-state index contributed by atoms with van der Waals surface area (Å²) in [5.74, 6) is -0.294. The van der Waals surface area contributed by atoms with Crippen molar-refractivity contribution in [3.05, 3.63) is 0 Å². The first-order valence-electron chi connectivity index (χ1n) is 3.84. The summed E-state index contributed by atoms with van der Waals surface area (Å²) in [6.45, 7) is 3.69. The second-order valence-electron chi connectivity index (χ2n) is 2.81. The maximum absolute atomic E-state index is 10.9. The van der Waals surface area contributed by atoms with E-state index in [1.54, 1.807) is 6.92 Å². The molecule has 0 heterocycles. The largest absolute Gasteiger partial charge is 0.466 e. The van der Waals surface area contributed by atoms with E-state index in [2.05, 4.69) is 0 Å². The van der Waals surface area contributed by atoms with Crippen molar-refractivity contribution in [1.82, 2.24) is 0 Å². The average molecular weight is 156 g/mol. The SMILES string of the molecule is CCOC(=O)[C@@H]1C[C@H]1C(C)=O. The maximum atomic E-state index is 10.9. The first-order valence-corrected chi connectivity index (χ1v) is 3.84. The van der Waals surface area contributed by atoms with Gasteiger partial charge in [0.15, 0.2) is 0 Å². The molecule has 3 heteroatoms. The Labute approximate surface area is 65.7 Å². The van der Waals surface area contributed by atoms with Gasteiger partial charge in [-0.2, -0.15) is 0 Å². The summed E-state index contributed by atoms with van der Waals surface area (Å²) >= 11 is 0. The number of ketones is 1. The molecule has 1 rings (SSSR count). The van der Waals surface area contributed by atoms with Crippen LogP contribution in [0.2, 0.25) is 0 Å². The standard InChI is InChI=1S/C8H12O3/c1-3-11-8(10)7-4-6(7)5(2)9/h6-7H,3-4H2,1-2H3/t6-,7+/m0/s1. The van der Waals surface area contributed by atoms with Gasteiger partial charge >= 0.3 is 5.97 Å². The van der Waals surface area contributed by atoms with Crippen LogP contribution in [-0.2, 0) is 14.3 Å². The van der Waals surface area contributed by atoms with Crippen LogP contribution < -0.4 is 0 Å². The lowest BCUT2D eigenvalue weighted by atomic mass is 10.2. The first kappa shape index (κ1) is 8.24. The Bertz CT molecular complexity index is 186. The third kappa shape index (κ3) is 1.79. The van der Waals surface area contributed by atoms with Crippen LogP contribution in [0.25, 0.3) is 0 Å². The molecule has 0 aliphatic heterocycles. The van der Waals surface area contributed by atoms with Crippen molar-refractivity contribution in [2.75, 3.05) is 6.61 Å². The molecule has 62 valence electrons. The molecular weight excluding hydrogens is 144 g/mol. The molecule has 0 amide bonds. The number of carbonyl (C=O) groups is 2. The van der Waals surface area contributed by atoms with Gasteiger partial charge in [0.25, 0.3) is 0 Å². The molecule has 0 spiro atoms. The lowest BCUT2D eigenvalue weighted by molar-refractivity contribution is -0.145. The van der Waals surface area contributed by atoms with Crippen molar-refractivity contribution in [2.24, 2.45) is 11.8 Å². The molecule has 11 heavy (non-hydrogen) atoms. The van der Waals surface area contributed by atoms with Gasteiger partial charge in [0.05, 0.1) is 12.5 Å². The smallest absolute Gasteiger partial charge is 0.309 e. The van der Waals surface area contributed by atoms with Gasteiger partial charge in [-0.1, -0.05) is 0 Å². The van der Waals surface area contributed by atoms with Crippen molar-refractivity contribution < 1.29 is 14.3 Å². The second kappa shape index (κ2) is 3.03. The number of carbonyl (C=O) groups excluding carboxylic acids is 2. The molecule has 0 aromatic rings. The molecule has 3 nitrogen and oxygen atoms in total. The molecule has 1 aliphatic rings. The summed E-state index contributed by atoms with van der Waals surface area (Å²) in [6.07, 6.45) is 0.689. The minimum Gasteiger partial charge on any atom is -0.466 e. The average Bonchev–Trinajstić information content (AvgIpc) is 2.65. The van der Waals surface area contributed by atoms with Crippen molar-refractivity contribution in [3.63, 3.8) is 0 Å². The molecule has 1 saturated carbocycles. The number of ether oxygens (including phenoxy) is 1. The van der Waals surface area contributed by atoms with E-state index in [1.807, 2.05) is 0 Å². The van der Waals surface area contributed by atoms with Gasteiger partial charge in [-0.05, 0) is 20.3 Å². The van der Waals surface area contributed by atoms with Crippen LogP contribution in [0, 0.1) is 11.8 Å². The summed E-state index contributed by atoms with van der Waals surface area (Å²) in [5, 5.41) is 0. The Hall–Kier alpha value is -0.860. The minimum absolute atomic E-state index is 0.0472. The fourth-order valence-corrected chi connectivity index (χ4v) is 1.15. The Kier molecular flexibility index (Phi) is 2.27. The van der Waals surface area contributed by atoms with Crippen LogP contribution in [0.3, 0.4) is 0 Å². The number of esters is 1. The van der Waals surface area contributed by atoms with Gasteiger partial charge in [0, 0.05) is 5.92 Å². The Morgan fingerprint density at radius 3 is 2.45 bits per heavy atom. The van der Waals surface area contributed by atoms with E-state index in [0.29, 0.717) is 13.0 Å². The van der Waals surface area contributed by atoms with Crippen LogP contribution in [0.15, 0.2) is 0 Å². The lowest BCUT2D eigenvalue weighted by Crippen LogP contribution is -2.09. The zero-order chi connectivity index (χ0) is 8.43. The lowest BCUT2D eigenvalue weighted by Gasteiger charge is -1.97. The zero-order valence-electron chi connectivity index (χ0n) is 6.79. The maximum Gasteiger partial charge on any atom is 0.309 e. The van der Waals surface area contributed by atoms with E-state index in [4.69, 9.17) is 4.74 Å². The highest BCUT2D eigenvalue weighted by molar-refractivity contribution is 5.89. The van der Waals surface area contributed by atoms with Crippen molar-refractivity contribution in [1.29, 1.82) is 0 Å². The molecule has 1 aliphatic carbocycles. The highest BCUT2D eigenvalue weighted by atomic mass is 16.5. The Morgan fingerprint density at radius 1 is 1.45 bits per heavy atom. The molecule has 0 bridgehead atoms. The fourth-order valence-electron chi connectivity index (χ4n) is 1.15. The molecule has 0 saturated heterocycles. The minimum atomic E-state index is -0.215. The molecule has 2 atom stereocenters. The van der Waals surface area contributed by atoms with Gasteiger partial charge in [-0.15, -0.1) is 0 Å². The van der Waals surface area contributed by atoms with Crippen LogP contribution in [0.5, 0.6) is 0 Å². The first-order chi connectivity index (χ1) is 5.16. The van der Waals surface area contributed by atoms with Crippen LogP contribution >= 0.6 is 0 Å². The summed E-state index contributed by atoms with van der Waals surface area (Å²) < 4.78 is 4.76. The predicted molar refractivity (Wildman–Crippen MR) is 38.9 cm³/mol. The Balaban J connectivity index is 2.32. The quantitative estimate of drug-likeness (QED) is 0.567. The van der Waals surface area contributed by atoms with Crippen molar-refractivity contribution in [2.45, 2.75) is 20.3 Å². The van der Waals surface area contributed by atoms with E-state index in [0.717, 1.165) is 0 Å². The topological polar surface area (TPSA) is 43.4 Å². The van der Waals surface area contributed by atoms with E-state index in [-0.39, 0.29) is 23.6 Å². The monoisotopic (exact) mass is 156 g/mol. The normalized spacial score (nSPS) is 27.8. The number of hydrogen-bond acceptors (Lipinski definition) is 3. The molecule has 0 N–H and O–H groups in total. The van der Waals surface area contributed by atoms with E-state index < -0.39 is 0 Å². The van der Waals surface area contributed by atoms with Gasteiger partial charge in [-0.3, -0.25) is 9.59 Å². The third-order valence-electron chi connectivity index (χ3n) is 1.90. The summed E-state index contributed by atoms with van der Waals surface area (Å²) in [7, 11) is 0. The van der Waals surface area contributed by atoms with Gasteiger partial charge in [-0.25, -0.2) is 0 Å². The molecule has 0 aromatic carbocycles. The molecule has 1 fully saturated rings. The fraction of sp³-hybridized carbons (Fsp3) is 0.750. The van der Waals surface area contributed by atoms with E-state index >= 15 is 0 Å². The number of hydrogen-bond donors (Lipinski definition) is 0. The summed E-state index contributed by atoms with van der Waals surface area (Å²) in [5.41, 5.74) is 0. The zero-order valence-corrected chi connectivity index (χ0v) is 6.79. The van der Waals surface area contributed by atoms with Gasteiger partial charge in [0.2, 0.25) is 0 Å². The molecular formula is C8H12O3. The molecule has 0 radical (unpaired) electrons. The molecule has 0 aromatic heterocycles. The second-order valence-corrected chi connectivity index (χ2v) is 2.81. The molecule has 0 unspecified atom stereocenters. The van der Waals surface area contributed by atoms with Crippen LogP contribution in [0.1, 0.15) is 20.3 Å². The number of Topliss-reactive ketones (excluding diaryl/α,β-unsaturated/α-hetero) is 1. The Morgan fingerprint density at radius 2 is 2.09 bits per heavy atom. The summed E-state index contributed by atoms with van der Waals surface area (Å²) in [6, 6.07) is 0. The van der Waals surface area contributed by atoms with Gasteiger partial charge < -0.3 is 4.74 Å². The van der Waals surface area contributed by atoms with Crippen molar-refractivity contribution in [3.8, 4) is 0 Å². The van der Waals surface area contributed by atoms with E-state index in [9.17, 15) is 9.59 Å². The van der Waals surface area contributed by atoms with Crippen LogP contribution in [-0.4, -0.2) is 18.4 Å². The van der Waals surface area contributed by atoms with Gasteiger partial charge in [0.1, 0.15) is 5.78 Å². The van der Waals surface area contributed by atoms with Crippen LogP contribution in [0.4, 0.5) is 0 Å². The highest BCUT2D eigenvalue weighted by Gasteiger charge is 2.47.